The van der Waals surface area contributed by atoms with Crippen LogP contribution in [0.3, 0.4) is 0 Å². The summed E-state index contributed by atoms with van der Waals surface area (Å²) in [6, 6.07) is 0. The molecular weight excluding hydrogens is 173 g/mol. The lowest BCUT2D eigenvalue weighted by Gasteiger charge is -1.90. The predicted octanol–water partition coefficient (Wildman–Crippen LogP) is 1.99. The second kappa shape index (κ2) is 3.21. The number of nitrogens with zero attached hydrogens (tertiary/aromatic N) is 3. The minimum Gasteiger partial charge on any atom is -0.182 e. The van der Waals surface area contributed by atoms with Crippen molar-refractivity contribution >= 4 is 23.2 Å². The van der Waals surface area contributed by atoms with Crippen molar-refractivity contribution in [2.45, 2.75) is 19.9 Å². The van der Waals surface area contributed by atoms with Gasteiger partial charge in [0.15, 0.2) is 10.3 Å². The summed E-state index contributed by atoms with van der Waals surface area (Å²) in [5.41, 5.74) is 0. The van der Waals surface area contributed by atoms with Gasteiger partial charge in [0.25, 0.3) is 0 Å². The van der Waals surface area contributed by atoms with E-state index in [0.29, 0.717) is 0 Å². The third kappa shape index (κ3) is 1.61. The van der Waals surface area contributed by atoms with Crippen molar-refractivity contribution < 1.29 is 0 Å². The Hall–Kier alpha value is -0.280. The fourth-order valence-electron chi connectivity index (χ4n) is 0.608. The molecule has 0 saturated heterocycles. The van der Waals surface area contributed by atoms with Crippen LogP contribution in [0.4, 0.5) is 0 Å². The van der Waals surface area contributed by atoms with E-state index in [1.54, 1.807) is 0 Å². The van der Waals surface area contributed by atoms with Crippen LogP contribution in [0.25, 0.3) is 0 Å². The van der Waals surface area contributed by atoms with Crippen LogP contribution in [0.2, 0.25) is 10.3 Å². The summed E-state index contributed by atoms with van der Waals surface area (Å²) in [5, 5.41) is 8.22. The summed E-state index contributed by atoms with van der Waals surface area (Å²) >= 11 is 11.1. The van der Waals surface area contributed by atoms with E-state index >= 15 is 0 Å². The molecule has 1 aromatic rings. The topological polar surface area (TPSA) is 30.7 Å². The first-order chi connectivity index (χ1) is 4.74. The molecule has 0 aliphatic carbocycles. The molecule has 3 nitrogen and oxygen atoms in total. The maximum atomic E-state index is 5.54. The first-order valence-corrected chi connectivity index (χ1v) is 3.75. The smallest absolute Gasteiger partial charge is 0.182 e. The maximum absolute atomic E-state index is 5.54. The van der Waals surface area contributed by atoms with Gasteiger partial charge in [0.2, 0.25) is 0 Å². The van der Waals surface area contributed by atoms with Crippen molar-refractivity contribution in [2.75, 3.05) is 0 Å². The highest BCUT2D eigenvalue weighted by molar-refractivity contribution is 6.40. The van der Waals surface area contributed by atoms with Gasteiger partial charge in [0.1, 0.15) is 0 Å². The summed E-state index contributed by atoms with van der Waals surface area (Å²) in [5.74, 6) is 0. The Balaban J connectivity index is 2.77. The zero-order valence-electron chi connectivity index (χ0n) is 5.51. The summed E-state index contributed by atoms with van der Waals surface area (Å²) in [6.45, 7) is 2.79. The van der Waals surface area contributed by atoms with Crippen molar-refractivity contribution in [3.8, 4) is 0 Å². The molecule has 0 spiro atoms. The van der Waals surface area contributed by atoms with Gasteiger partial charge in [-0.25, -0.2) is 0 Å². The second-order valence-electron chi connectivity index (χ2n) is 1.88. The van der Waals surface area contributed by atoms with Crippen molar-refractivity contribution in [3.05, 3.63) is 10.3 Å². The zero-order chi connectivity index (χ0) is 7.56. The summed E-state index contributed by atoms with van der Waals surface area (Å²) in [6.07, 6.45) is 0.974. The van der Waals surface area contributed by atoms with Crippen molar-refractivity contribution in [1.82, 2.24) is 15.0 Å². The molecule has 0 N–H and O–H groups in total. The van der Waals surface area contributed by atoms with Crippen LogP contribution in [0, 0.1) is 0 Å². The highest BCUT2D eigenvalue weighted by atomic mass is 35.5. The molecule has 0 aliphatic heterocycles. The Morgan fingerprint density at radius 2 is 1.80 bits per heavy atom. The summed E-state index contributed by atoms with van der Waals surface area (Å²) in [7, 11) is 0. The van der Waals surface area contributed by atoms with Crippen LogP contribution in [0.15, 0.2) is 0 Å². The highest BCUT2D eigenvalue weighted by Crippen LogP contribution is 2.14. The fourth-order valence-corrected chi connectivity index (χ4v) is 0.858. The molecule has 0 radical (unpaired) electrons. The molecule has 0 saturated carbocycles. The minimum atomic E-state index is 0.273. The highest BCUT2D eigenvalue weighted by Gasteiger charge is 2.03. The van der Waals surface area contributed by atoms with E-state index < -0.39 is 0 Å². The molecule has 56 valence electrons. The van der Waals surface area contributed by atoms with Crippen molar-refractivity contribution in [1.29, 1.82) is 0 Å². The van der Waals surface area contributed by atoms with Crippen LogP contribution >= 0.6 is 23.2 Å². The van der Waals surface area contributed by atoms with Gasteiger partial charge in [-0.15, -0.1) is 10.2 Å². The van der Waals surface area contributed by atoms with E-state index in [9.17, 15) is 0 Å². The van der Waals surface area contributed by atoms with Crippen LogP contribution in [0.1, 0.15) is 13.3 Å². The van der Waals surface area contributed by atoms with E-state index in [2.05, 4.69) is 10.2 Å². The molecule has 0 atom stereocenters. The first kappa shape index (κ1) is 7.82. The molecule has 0 aromatic carbocycles. The molecule has 0 unspecified atom stereocenters. The van der Waals surface area contributed by atoms with E-state index in [0.717, 1.165) is 13.0 Å². The van der Waals surface area contributed by atoms with Crippen LogP contribution in [0.5, 0.6) is 0 Å². The lowest BCUT2D eigenvalue weighted by atomic mass is 10.5. The molecule has 0 bridgehead atoms. The van der Waals surface area contributed by atoms with Gasteiger partial charge in [-0.1, -0.05) is 30.1 Å². The SMILES string of the molecule is CCCn1nc(Cl)c(Cl)n1. The van der Waals surface area contributed by atoms with E-state index in [-0.39, 0.29) is 10.3 Å². The lowest BCUT2D eigenvalue weighted by molar-refractivity contribution is 0.528. The average molecular weight is 180 g/mol. The van der Waals surface area contributed by atoms with E-state index in [4.69, 9.17) is 23.2 Å². The molecule has 0 fully saturated rings. The van der Waals surface area contributed by atoms with Crippen LogP contribution in [-0.2, 0) is 6.54 Å². The van der Waals surface area contributed by atoms with Crippen molar-refractivity contribution in [3.63, 3.8) is 0 Å². The molecular formula is C5H7Cl2N3. The lowest BCUT2D eigenvalue weighted by Crippen LogP contribution is -2.00. The summed E-state index contributed by atoms with van der Waals surface area (Å²) in [4.78, 5) is 1.49. The van der Waals surface area contributed by atoms with E-state index in [1.807, 2.05) is 6.92 Å². The van der Waals surface area contributed by atoms with Gasteiger partial charge in [-0.3, -0.25) is 0 Å². The first-order valence-electron chi connectivity index (χ1n) is 3.00. The third-order valence-corrected chi connectivity index (χ3v) is 1.61. The Kier molecular flexibility index (Phi) is 2.51. The van der Waals surface area contributed by atoms with Gasteiger partial charge < -0.3 is 0 Å². The maximum Gasteiger partial charge on any atom is 0.190 e. The Morgan fingerprint density at radius 3 is 2.20 bits per heavy atom. The molecule has 5 heteroatoms. The molecule has 10 heavy (non-hydrogen) atoms. The number of aryl methyl sites for hydroxylation is 1. The van der Waals surface area contributed by atoms with Crippen molar-refractivity contribution in [2.24, 2.45) is 0 Å². The van der Waals surface area contributed by atoms with Crippen LogP contribution in [-0.4, -0.2) is 15.0 Å². The Bertz CT molecular complexity index is 201. The zero-order valence-corrected chi connectivity index (χ0v) is 7.02. The normalized spacial score (nSPS) is 10.3. The van der Waals surface area contributed by atoms with Gasteiger partial charge in [0, 0.05) is 0 Å². The molecule has 1 heterocycles. The minimum absolute atomic E-state index is 0.273. The monoisotopic (exact) mass is 179 g/mol. The van der Waals surface area contributed by atoms with Crippen LogP contribution < -0.4 is 0 Å². The predicted molar refractivity (Wildman–Crippen MR) is 40.3 cm³/mol. The number of halogens is 2. The van der Waals surface area contributed by atoms with E-state index in [1.165, 1.54) is 4.80 Å². The van der Waals surface area contributed by atoms with Gasteiger partial charge in [-0.2, -0.15) is 4.80 Å². The Morgan fingerprint density at radius 1 is 1.30 bits per heavy atom. The Labute approximate surface area is 68.9 Å². The molecule has 1 aromatic heterocycles. The molecule has 1 rings (SSSR count). The summed E-state index contributed by atoms with van der Waals surface area (Å²) < 4.78 is 0. The van der Waals surface area contributed by atoms with Gasteiger partial charge in [-0.05, 0) is 6.42 Å². The second-order valence-corrected chi connectivity index (χ2v) is 2.59. The number of rotatable bonds is 2. The molecule has 0 aliphatic rings. The number of hydrogen-bond acceptors (Lipinski definition) is 2. The number of aromatic nitrogens is 3. The van der Waals surface area contributed by atoms with Gasteiger partial charge >= 0.3 is 0 Å². The quantitative estimate of drug-likeness (QED) is 0.696. The fraction of sp³-hybridized carbons (Fsp3) is 0.600. The third-order valence-electron chi connectivity index (χ3n) is 1.00. The standard InChI is InChI=1S/C5H7Cl2N3/c1-2-3-10-8-4(6)5(7)9-10/h2-3H2,1H3. The van der Waals surface area contributed by atoms with Gasteiger partial charge in [0.05, 0.1) is 6.54 Å². The average Bonchev–Trinajstić information content (AvgIpc) is 2.14. The molecule has 0 amide bonds. The number of hydrogen-bond donors (Lipinski definition) is 0. The largest absolute Gasteiger partial charge is 0.190 e.